The zero-order valence-electron chi connectivity index (χ0n) is 12.5. The van der Waals surface area contributed by atoms with E-state index in [1.165, 1.54) is 25.7 Å². The summed E-state index contributed by atoms with van der Waals surface area (Å²) in [7, 11) is 0. The van der Waals surface area contributed by atoms with Gasteiger partial charge in [0.15, 0.2) is 6.61 Å². The van der Waals surface area contributed by atoms with Crippen molar-refractivity contribution in [3.63, 3.8) is 0 Å². The number of carbonyl (C=O) groups is 1. The Balaban J connectivity index is 1.58. The van der Waals surface area contributed by atoms with Crippen LogP contribution in [0.25, 0.3) is 0 Å². The number of rotatable bonds is 4. The number of benzene rings is 1. The smallest absolute Gasteiger partial charge is 0.260 e. The number of carbonyl (C=O) groups excluding carboxylic acids is 1. The topological polar surface area (TPSA) is 55.6 Å². The van der Waals surface area contributed by atoms with Crippen LogP contribution in [0.1, 0.15) is 38.5 Å². The molecule has 4 nitrogen and oxygen atoms in total. The van der Waals surface area contributed by atoms with Gasteiger partial charge in [0.2, 0.25) is 0 Å². The second-order valence-corrected chi connectivity index (χ2v) is 6.17. The third kappa shape index (κ3) is 3.14. The molecule has 0 radical (unpaired) electrons. The quantitative estimate of drug-likeness (QED) is 0.867. The van der Waals surface area contributed by atoms with E-state index < -0.39 is 0 Å². The minimum Gasteiger partial charge on any atom is -0.482 e. The molecule has 1 amide bonds. The molecule has 1 unspecified atom stereocenters. The highest BCUT2D eigenvalue weighted by molar-refractivity contribution is 5.78. The van der Waals surface area contributed by atoms with Crippen LogP contribution >= 0.6 is 0 Å². The second kappa shape index (κ2) is 6.37. The van der Waals surface area contributed by atoms with E-state index in [0.717, 1.165) is 19.4 Å². The number of nitrogen functional groups attached to an aromatic ring is 1. The van der Waals surface area contributed by atoms with Crippen LogP contribution in [0, 0.1) is 5.92 Å². The van der Waals surface area contributed by atoms with Crippen molar-refractivity contribution in [1.82, 2.24) is 4.90 Å². The number of nitrogens with zero attached hydrogens (tertiary/aromatic N) is 1. The van der Waals surface area contributed by atoms with Crippen LogP contribution in [0.15, 0.2) is 24.3 Å². The SMILES string of the molecule is Nc1ccccc1OCC(=O)N1CCCC1C1CCCC1. The van der Waals surface area contributed by atoms with E-state index in [0.29, 0.717) is 23.4 Å². The highest BCUT2D eigenvalue weighted by atomic mass is 16.5. The van der Waals surface area contributed by atoms with Crippen molar-refractivity contribution in [2.45, 2.75) is 44.6 Å². The minimum atomic E-state index is 0.0947. The van der Waals surface area contributed by atoms with Crippen molar-refractivity contribution in [2.24, 2.45) is 5.92 Å². The molecule has 1 aromatic rings. The molecule has 1 aliphatic carbocycles. The number of amides is 1. The maximum Gasteiger partial charge on any atom is 0.260 e. The summed E-state index contributed by atoms with van der Waals surface area (Å²) in [6.07, 6.45) is 7.48. The van der Waals surface area contributed by atoms with Crippen molar-refractivity contribution >= 4 is 11.6 Å². The lowest BCUT2D eigenvalue weighted by Gasteiger charge is -2.29. The summed E-state index contributed by atoms with van der Waals surface area (Å²) >= 11 is 0. The van der Waals surface area contributed by atoms with Gasteiger partial charge in [-0.1, -0.05) is 25.0 Å². The van der Waals surface area contributed by atoms with E-state index in [9.17, 15) is 4.79 Å². The van der Waals surface area contributed by atoms with E-state index >= 15 is 0 Å². The van der Waals surface area contributed by atoms with E-state index in [-0.39, 0.29) is 12.5 Å². The average Bonchev–Trinajstić information content (AvgIpc) is 3.16. The molecule has 1 atom stereocenters. The molecule has 114 valence electrons. The van der Waals surface area contributed by atoms with Gasteiger partial charge in [0.1, 0.15) is 5.75 Å². The molecule has 2 fully saturated rings. The van der Waals surface area contributed by atoms with Gasteiger partial charge in [0, 0.05) is 12.6 Å². The predicted molar refractivity (Wildman–Crippen MR) is 83.0 cm³/mol. The maximum absolute atomic E-state index is 12.5. The molecule has 1 aliphatic heterocycles. The van der Waals surface area contributed by atoms with Gasteiger partial charge in [-0.15, -0.1) is 0 Å². The molecular formula is C17H24N2O2. The summed E-state index contributed by atoms with van der Waals surface area (Å²) in [6.45, 7) is 0.977. The Morgan fingerprint density at radius 1 is 1.19 bits per heavy atom. The van der Waals surface area contributed by atoms with Crippen LogP contribution in [0.3, 0.4) is 0 Å². The van der Waals surface area contributed by atoms with Crippen LogP contribution in [0.5, 0.6) is 5.75 Å². The molecule has 0 aromatic heterocycles. The third-order valence-electron chi connectivity index (χ3n) is 4.83. The Morgan fingerprint density at radius 3 is 2.71 bits per heavy atom. The zero-order valence-corrected chi connectivity index (χ0v) is 12.5. The van der Waals surface area contributed by atoms with E-state index in [2.05, 4.69) is 4.90 Å². The molecule has 2 N–H and O–H groups in total. The molecule has 4 heteroatoms. The van der Waals surface area contributed by atoms with Gasteiger partial charge in [-0.05, 0) is 43.7 Å². The van der Waals surface area contributed by atoms with Crippen LogP contribution < -0.4 is 10.5 Å². The normalized spacial score (nSPS) is 22.7. The number of hydrogen-bond acceptors (Lipinski definition) is 3. The number of nitrogens with two attached hydrogens (primary N) is 1. The summed E-state index contributed by atoms with van der Waals surface area (Å²) in [5.74, 6) is 1.41. The molecule has 3 rings (SSSR count). The second-order valence-electron chi connectivity index (χ2n) is 6.17. The first-order valence-electron chi connectivity index (χ1n) is 8.02. The Hall–Kier alpha value is -1.71. The molecule has 2 aliphatic rings. The first kappa shape index (κ1) is 14.2. The zero-order chi connectivity index (χ0) is 14.7. The van der Waals surface area contributed by atoms with Gasteiger partial charge in [-0.2, -0.15) is 0 Å². The van der Waals surface area contributed by atoms with Crippen molar-refractivity contribution in [3.05, 3.63) is 24.3 Å². The van der Waals surface area contributed by atoms with Crippen molar-refractivity contribution in [2.75, 3.05) is 18.9 Å². The average molecular weight is 288 g/mol. The molecule has 0 spiro atoms. The number of para-hydroxylation sites is 2. The lowest BCUT2D eigenvalue weighted by molar-refractivity contribution is -0.135. The van der Waals surface area contributed by atoms with Crippen LogP contribution in [0.2, 0.25) is 0 Å². The fourth-order valence-electron chi connectivity index (χ4n) is 3.77. The monoisotopic (exact) mass is 288 g/mol. The van der Waals surface area contributed by atoms with Crippen LogP contribution in [0.4, 0.5) is 5.69 Å². The van der Waals surface area contributed by atoms with Crippen molar-refractivity contribution in [3.8, 4) is 5.75 Å². The van der Waals surface area contributed by atoms with Gasteiger partial charge in [-0.25, -0.2) is 0 Å². The summed E-state index contributed by atoms with van der Waals surface area (Å²) in [4.78, 5) is 14.5. The lowest BCUT2D eigenvalue weighted by atomic mass is 9.96. The largest absolute Gasteiger partial charge is 0.482 e. The van der Waals surface area contributed by atoms with Crippen LogP contribution in [-0.4, -0.2) is 30.0 Å². The molecule has 1 saturated heterocycles. The number of likely N-dealkylation sites (tertiary alicyclic amines) is 1. The minimum absolute atomic E-state index is 0.0947. The van der Waals surface area contributed by atoms with Crippen molar-refractivity contribution in [1.29, 1.82) is 0 Å². The highest BCUT2D eigenvalue weighted by Gasteiger charge is 2.35. The molecular weight excluding hydrogens is 264 g/mol. The number of anilines is 1. The van der Waals surface area contributed by atoms with Crippen molar-refractivity contribution < 1.29 is 9.53 Å². The summed E-state index contributed by atoms with van der Waals surface area (Å²) in [5, 5.41) is 0. The van der Waals surface area contributed by atoms with Gasteiger partial charge in [0.25, 0.3) is 5.91 Å². The fourth-order valence-corrected chi connectivity index (χ4v) is 3.77. The first-order chi connectivity index (χ1) is 10.3. The predicted octanol–water partition coefficient (Wildman–Crippen LogP) is 2.83. The molecule has 21 heavy (non-hydrogen) atoms. The number of ether oxygens (including phenoxy) is 1. The lowest BCUT2D eigenvalue weighted by Crippen LogP contribution is -2.41. The molecule has 1 aromatic carbocycles. The standard InChI is InChI=1S/C17H24N2O2/c18-14-8-3-4-10-16(14)21-12-17(20)19-11-5-9-15(19)13-6-1-2-7-13/h3-4,8,10,13,15H,1-2,5-7,9,11-12,18H2. The first-order valence-corrected chi connectivity index (χ1v) is 8.02. The molecule has 0 bridgehead atoms. The third-order valence-corrected chi connectivity index (χ3v) is 4.83. The van der Waals surface area contributed by atoms with Gasteiger partial charge >= 0.3 is 0 Å². The van der Waals surface area contributed by atoms with Gasteiger partial charge in [0.05, 0.1) is 5.69 Å². The summed E-state index contributed by atoms with van der Waals surface area (Å²) < 4.78 is 5.61. The van der Waals surface area contributed by atoms with E-state index in [4.69, 9.17) is 10.5 Å². The molecule has 1 heterocycles. The van der Waals surface area contributed by atoms with Crippen LogP contribution in [-0.2, 0) is 4.79 Å². The maximum atomic E-state index is 12.5. The highest BCUT2D eigenvalue weighted by Crippen LogP contribution is 2.35. The summed E-state index contributed by atoms with van der Waals surface area (Å²) in [5.41, 5.74) is 6.42. The Morgan fingerprint density at radius 2 is 1.95 bits per heavy atom. The Kier molecular flexibility index (Phi) is 4.32. The fraction of sp³-hybridized carbons (Fsp3) is 0.588. The summed E-state index contributed by atoms with van der Waals surface area (Å²) in [6, 6.07) is 7.77. The number of hydrogen-bond donors (Lipinski definition) is 1. The Labute approximate surface area is 126 Å². The van der Waals surface area contributed by atoms with Gasteiger partial charge < -0.3 is 15.4 Å². The van der Waals surface area contributed by atoms with Gasteiger partial charge in [-0.3, -0.25) is 4.79 Å². The Bertz CT molecular complexity index is 497. The van der Waals surface area contributed by atoms with E-state index in [1.807, 2.05) is 12.1 Å². The van der Waals surface area contributed by atoms with E-state index in [1.54, 1.807) is 12.1 Å². The molecule has 1 saturated carbocycles.